The third-order valence-electron chi connectivity index (χ3n) is 11.8. The van der Waals surface area contributed by atoms with Crippen LogP contribution in [-0.4, -0.2) is 0 Å². The van der Waals surface area contributed by atoms with Crippen LogP contribution in [0.3, 0.4) is 0 Å². The molecule has 0 amide bonds. The second-order valence-electron chi connectivity index (χ2n) is 18.1. The molecule has 0 aliphatic heterocycles. The number of aryl methyl sites for hydroxylation is 9. The lowest BCUT2D eigenvalue weighted by atomic mass is 9.94. The first-order chi connectivity index (χ1) is 34.7. The van der Waals surface area contributed by atoms with Gasteiger partial charge in [-0.3, -0.25) is 0 Å². The molecule has 0 aliphatic rings. The second kappa shape index (κ2) is 41.4. The number of unbranched alkanes of at least 4 members (excludes halogenated alkanes) is 3. The van der Waals surface area contributed by atoms with Gasteiger partial charge in [-0.1, -0.05) is 305 Å². The van der Waals surface area contributed by atoms with Gasteiger partial charge >= 0.3 is 0 Å². The maximum absolute atomic E-state index is 2.24. The SMILES string of the molecule is CC.CCCC.CCCC.CCCC.Cc1ccc(-c2ccccc2C)c(C)c1.Cc1ccccc1.Cc1ccccc1.Cc1ccccc1-c1cccc(C)c1C.Cc1ccccc1-c1ccccc1C. The molecule has 8 aromatic carbocycles. The van der Waals surface area contributed by atoms with E-state index in [0.29, 0.717) is 0 Å². The molecule has 386 valence electrons. The minimum absolute atomic E-state index is 1.32. The number of hydrogen-bond acceptors (Lipinski definition) is 0. The van der Waals surface area contributed by atoms with E-state index in [1.165, 1.54) is 128 Å². The van der Waals surface area contributed by atoms with E-state index in [-0.39, 0.29) is 0 Å². The highest BCUT2D eigenvalue weighted by Crippen LogP contribution is 2.29. The third kappa shape index (κ3) is 27.4. The van der Waals surface area contributed by atoms with Crippen LogP contribution >= 0.6 is 0 Å². The van der Waals surface area contributed by atoms with Crippen molar-refractivity contribution in [3.05, 3.63) is 250 Å². The van der Waals surface area contributed by atoms with Crippen LogP contribution in [0, 0.1) is 69.2 Å². The van der Waals surface area contributed by atoms with Gasteiger partial charge in [0.1, 0.15) is 0 Å². The molecule has 0 radical (unpaired) electrons. The van der Waals surface area contributed by atoms with Crippen LogP contribution in [0.1, 0.15) is 150 Å². The Kier molecular flexibility index (Phi) is 37.8. The van der Waals surface area contributed by atoms with Gasteiger partial charge < -0.3 is 0 Å². The highest BCUT2D eigenvalue weighted by atomic mass is 14.1. The Bertz CT molecular complexity index is 2440. The predicted octanol–water partition coefficient (Wildman–Crippen LogP) is 23.0. The quantitative estimate of drug-likeness (QED) is 0.156. The van der Waals surface area contributed by atoms with Crippen molar-refractivity contribution in [2.24, 2.45) is 0 Å². The van der Waals surface area contributed by atoms with Crippen LogP contribution in [0.2, 0.25) is 0 Å². The summed E-state index contributed by atoms with van der Waals surface area (Å²) in [6.07, 6.45) is 7.92. The van der Waals surface area contributed by atoms with E-state index in [1.54, 1.807) is 0 Å². The molecule has 72 heavy (non-hydrogen) atoms. The molecular formula is C72H98. The molecule has 0 bridgehead atoms. The van der Waals surface area contributed by atoms with Crippen LogP contribution in [0.4, 0.5) is 0 Å². The summed E-state index contributed by atoms with van der Waals surface area (Å²) >= 11 is 0. The Morgan fingerprint density at radius 2 is 0.458 bits per heavy atom. The van der Waals surface area contributed by atoms with Crippen LogP contribution in [-0.2, 0) is 0 Å². The maximum atomic E-state index is 2.24. The van der Waals surface area contributed by atoms with Crippen LogP contribution in [0.5, 0.6) is 0 Å². The van der Waals surface area contributed by atoms with Crippen molar-refractivity contribution < 1.29 is 0 Å². The molecule has 0 spiro atoms. The maximum Gasteiger partial charge on any atom is -0.0149 e. The van der Waals surface area contributed by atoms with Crippen molar-refractivity contribution in [1.29, 1.82) is 0 Å². The van der Waals surface area contributed by atoms with Crippen molar-refractivity contribution in [2.75, 3.05) is 0 Å². The molecule has 0 unspecified atom stereocenters. The lowest BCUT2D eigenvalue weighted by Crippen LogP contribution is -1.88. The molecule has 0 nitrogen and oxygen atoms in total. The highest BCUT2D eigenvalue weighted by molar-refractivity contribution is 5.72. The van der Waals surface area contributed by atoms with Crippen LogP contribution in [0.15, 0.2) is 194 Å². The molecule has 0 heterocycles. The number of hydrogen-bond donors (Lipinski definition) is 0. The summed E-state index contributed by atoms with van der Waals surface area (Å²) in [5.41, 5.74) is 21.5. The summed E-state index contributed by atoms with van der Waals surface area (Å²) in [6.45, 7) is 38.5. The highest BCUT2D eigenvalue weighted by Gasteiger charge is 2.06. The molecule has 8 aromatic rings. The van der Waals surface area contributed by atoms with E-state index in [2.05, 4.69) is 269 Å². The van der Waals surface area contributed by atoms with E-state index < -0.39 is 0 Å². The molecule has 0 saturated heterocycles. The summed E-state index contributed by atoms with van der Waals surface area (Å²) in [6, 6.07) is 67.7. The van der Waals surface area contributed by atoms with Crippen molar-refractivity contribution in [2.45, 2.75) is 163 Å². The van der Waals surface area contributed by atoms with Crippen molar-refractivity contribution in [1.82, 2.24) is 0 Å². The average molecular weight is 964 g/mol. The Morgan fingerprint density at radius 1 is 0.208 bits per heavy atom. The monoisotopic (exact) mass is 963 g/mol. The molecule has 0 atom stereocenters. The zero-order chi connectivity index (χ0) is 54.1. The van der Waals surface area contributed by atoms with E-state index in [0.717, 1.165) is 0 Å². The van der Waals surface area contributed by atoms with E-state index in [9.17, 15) is 0 Å². The van der Waals surface area contributed by atoms with Crippen molar-refractivity contribution in [3.63, 3.8) is 0 Å². The molecule has 0 heteroatoms. The van der Waals surface area contributed by atoms with Gasteiger partial charge in [-0.25, -0.2) is 0 Å². The van der Waals surface area contributed by atoms with Gasteiger partial charge in [0.05, 0.1) is 0 Å². The molecule has 0 aliphatic carbocycles. The fourth-order valence-corrected chi connectivity index (χ4v) is 6.73. The van der Waals surface area contributed by atoms with Gasteiger partial charge in [-0.15, -0.1) is 0 Å². The van der Waals surface area contributed by atoms with Crippen molar-refractivity contribution in [3.8, 4) is 33.4 Å². The van der Waals surface area contributed by atoms with Gasteiger partial charge in [0.15, 0.2) is 0 Å². The smallest absolute Gasteiger partial charge is 0.0149 e. The first kappa shape index (κ1) is 65.8. The molecule has 8 rings (SSSR count). The van der Waals surface area contributed by atoms with Crippen molar-refractivity contribution >= 4 is 0 Å². The lowest BCUT2D eigenvalue weighted by molar-refractivity contribution is 0.886. The minimum atomic E-state index is 1.32. The standard InChI is InChI=1S/2C15H16.C14H14.2C7H8.3C4H10.C2H6/c1-11-8-6-10-15(13(11)3)14-9-5-4-7-12(14)2;1-11-8-9-15(13(3)10-11)14-7-5-4-6-12(14)2;1-11-7-3-5-9-13(11)14-10-6-4-8-12(14)2;2*1-7-5-3-2-4-6-7;3*1-3-4-2;1-2/h2*4-10H,1-3H3;3-10H,1-2H3;2*2-6H,1H3;3*3-4H2,1-2H3;1-2H3. The predicted molar refractivity (Wildman–Crippen MR) is 329 cm³/mol. The van der Waals surface area contributed by atoms with Gasteiger partial charge in [-0.2, -0.15) is 0 Å². The summed E-state index contributed by atoms with van der Waals surface area (Å²) in [7, 11) is 0. The Hall–Kier alpha value is -6.24. The van der Waals surface area contributed by atoms with Gasteiger partial charge in [-0.05, 0) is 142 Å². The first-order valence-corrected chi connectivity index (χ1v) is 27.1. The summed E-state index contributed by atoms with van der Waals surface area (Å²) in [5.74, 6) is 0. The Morgan fingerprint density at radius 3 is 0.722 bits per heavy atom. The largest absolute Gasteiger partial charge is 0.0683 e. The van der Waals surface area contributed by atoms with E-state index in [1.807, 2.05) is 50.2 Å². The average Bonchev–Trinajstić information content (AvgIpc) is 3.40. The summed E-state index contributed by atoms with van der Waals surface area (Å²) < 4.78 is 0. The first-order valence-electron chi connectivity index (χ1n) is 27.1. The lowest BCUT2D eigenvalue weighted by Gasteiger charge is -2.10. The zero-order valence-electron chi connectivity index (χ0n) is 48.7. The molecule has 0 aromatic heterocycles. The molecule has 0 fully saturated rings. The normalized spacial score (nSPS) is 9.31. The Labute approximate surface area is 444 Å². The fraction of sp³-hybridized carbons (Fsp3) is 0.333. The molecule has 0 N–H and O–H groups in total. The fourth-order valence-electron chi connectivity index (χ4n) is 6.73. The van der Waals surface area contributed by atoms with Gasteiger partial charge in [0, 0.05) is 0 Å². The Balaban J connectivity index is 0.000000839. The van der Waals surface area contributed by atoms with Crippen LogP contribution < -0.4 is 0 Å². The van der Waals surface area contributed by atoms with Gasteiger partial charge in [0.2, 0.25) is 0 Å². The van der Waals surface area contributed by atoms with Gasteiger partial charge in [0.25, 0.3) is 0 Å². The molecular weight excluding hydrogens is 865 g/mol. The zero-order valence-corrected chi connectivity index (χ0v) is 48.7. The number of rotatable bonds is 6. The second-order valence-corrected chi connectivity index (χ2v) is 18.1. The van der Waals surface area contributed by atoms with E-state index in [4.69, 9.17) is 0 Å². The minimum Gasteiger partial charge on any atom is -0.0683 e. The third-order valence-corrected chi connectivity index (χ3v) is 11.8. The summed E-state index contributed by atoms with van der Waals surface area (Å²) in [4.78, 5) is 0. The van der Waals surface area contributed by atoms with Crippen LogP contribution in [0.25, 0.3) is 33.4 Å². The van der Waals surface area contributed by atoms with E-state index >= 15 is 0 Å². The molecule has 0 saturated carbocycles. The number of benzene rings is 8. The topological polar surface area (TPSA) is 0 Å². The summed E-state index contributed by atoms with van der Waals surface area (Å²) in [5, 5.41) is 0.